The smallest absolute Gasteiger partial charge is 0.272 e. The third-order valence-corrected chi connectivity index (χ3v) is 4.89. The Morgan fingerprint density at radius 1 is 1.11 bits per heavy atom. The third kappa shape index (κ3) is 3.53. The van der Waals surface area contributed by atoms with Crippen LogP contribution in [0.3, 0.4) is 0 Å². The number of ether oxygens (including phenoxy) is 1. The Morgan fingerprint density at radius 2 is 1.89 bits per heavy atom. The zero-order valence-corrected chi connectivity index (χ0v) is 15.2. The van der Waals surface area contributed by atoms with Gasteiger partial charge in [-0.1, -0.05) is 18.2 Å². The molecule has 4 rings (SSSR count). The number of rotatable bonds is 4. The number of pyridine rings is 1. The Morgan fingerprint density at radius 3 is 2.70 bits per heavy atom. The number of fused-ring (bicyclic) bond motifs is 2. The molecule has 1 aliphatic rings. The highest BCUT2D eigenvalue weighted by atomic mass is 16.5. The number of hydrogen-bond acceptors (Lipinski definition) is 4. The van der Waals surface area contributed by atoms with Crippen LogP contribution < -0.4 is 10.2 Å². The molecule has 1 aromatic heterocycles. The summed E-state index contributed by atoms with van der Waals surface area (Å²) in [4.78, 5) is 17.7. The van der Waals surface area contributed by atoms with E-state index in [1.165, 1.54) is 0 Å². The molecule has 0 atom stereocenters. The number of carbonyl (C=O) groups excluding carboxylic acids is 1. The molecular formula is C22H21N3O2. The van der Waals surface area contributed by atoms with Gasteiger partial charge in [0.15, 0.2) is 0 Å². The van der Waals surface area contributed by atoms with Gasteiger partial charge in [0, 0.05) is 11.1 Å². The van der Waals surface area contributed by atoms with Gasteiger partial charge in [0.1, 0.15) is 5.75 Å². The summed E-state index contributed by atoms with van der Waals surface area (Å²) in [6, 6.07) is 15.3. The summed E-state index contributed by atoms with van der Waals surface area (Å²) in [5.41, 5.74) is 7.26. The first-order valence-electron chi connectivity index (χ1n) is 9.14. The van der Waals surface area contributed by atoms with Gasteiger partial charge < -0.3 is 4.74 Å². The van der Waals surface area contributed by atoms with E-state index in [0.29, 0.717) is 5.56 Å². The van der Waals surface area contributed by atoms with E-state index < -0.39 is 0 Å². The lowest BCUT2D eigenvalue weighted by atomic mass is 9.89. The molecule has 0 aliphatic heterocycles. The van der Waals surface area contributed by atoms with Crippen LogP contribution in [-0.4, -0.2) is 24.2 Å². The summed E-state index contributed by atoms with van der Waals surface area (Å²) in [6.07, 6.45) is 5.65. The number of aromatic nitrogens is 1. The third-order valence-electron chi connectivity index (χ3n) is 4.89. The summed E-state index contributed by atoms with van der Waals surface area (Å²) in [5, 5.41) is 5.03. The standard InChI is InChI=1S/C22H21N3O2/c1-27-16-12-10-15(11-13-16)14-23-25-22(26)21-17-6-2-4-8-19(17)24-20-9-5-3-7-18(20)21/h2,4,6,8,10-14H,3,5,7,9H2,1H3,(H,25,26)/b23-14+. The fourth-order valence-corrected chi connectivity index (χ4v) is 3.54. The first kappa shape index (κ1) is 17.2. The Labute approximate surface area is 158 Å². The van der Waals surface area contributed by atoms with Crippen LogP contribution in [0.15, 0.2) is 53.6 Å². The molecular weight excluding hydrogens is 338 g/mol. The number of nitrogens with one attached hydrogen (secondary N) is 1. The van der Waals surface area contributed by atoms with Gasteiger partial charge in [-0.3, -0.25) is 9.78 Å². The highest BCUT2D eigenvalue weighted by molar-refractivity contribution is 6.07. The van der Waals surface area contributed by atoms with Gasteiger partial charge in [-0.15, -0.1) is 0 Å². The molecule has 0 unspecified atom stereocenters. The van der Waals surface area contributed by atoms with Gasteiger partial charge in [0.25, 0.3) is 5.91 Å². The molecule has 5 heteroatoms. The van der Waals surface area contributed by atoms with Gasteiger partial charge in [-0.25, -0.2) is 5.43 Å². The van der Waals surface area contributed by atoms with Crippen molar-refractivity contribution in [1.82, 2.24) is 10.4 Å². The van der Waals surface area contributed by atoms with Crippen LogP contribution >= 0.6 is 0 Å². The number of amides is 1. The normalized spacial score (nSPS) is 13.5. The number of hydrazone groups is 1. The molecule has 136 valence electrons. The van der Waals surface area contributed by atoms with E-state index in [-0.39, 0.29) is 5.91 Å². The van der Waals surface area contributed by atoms with Gasteiger partial charge in [0.05, 0.1) is 24.4 Å². The minimum atomic E-state index is -0.184. The maximum atomic E-state index is 12.9. The Balaban J connectivity index is 1.63. The molecule has 1 amide bonds. The van der Waals surface area contributed by atoms with Crippen LogP contribution in [0.5, 0.6) is 5.75 Å². The Bertz CT molecular complexity index is 1010. The minimum Gasteiger partial charge on any atom is -0.497 e. The van der Waals surface area contributed by atoms with Crippen molar-refractivity contribution in [2.75, 3.05) is 7.11 Å². The first-order valence-corrected chi connectivity index (χ1v) is 9.14. The van der Waals surface area contributed by atoms with Crippen molar-refractivity contribution >= 4 is 23.0 Å². The zero-order chi connectivity index (χ0) is 18.6. The molecule has 0 bridgehead atoms. The van der Waals surface area contributed by atoms with Crippen molar-refractivity contribution in [3.63, 3.8) is 0 Å². The van der Waals surface area contributed by atoms with Gasteiger partial charge in [0.2, 0.25) is 0 Å². The average molecular weight is 359 g/mol. The van der Waals surface area contributed by atoms with Crippen molar-refractivity contribution in [2.24, 2.45) is 5.10 Å². The van der Waals surface area contributed by atoms with E-state index in [0.717, 1.165) is 59.2 Å². The van der Waals surface area contributed by atoms with Gasteiger partial charge >= 0.3 is 0 Å². The summed E-state index contributed by atoms with van der Waals surface area (Å²) in [7, 11) is 1.63. The lowest BCUT2D eigenvalue weighted by Crippen LogP contribution is -2.22. The predicted octanol–water partition coefficient (Wildman–Crippen LogP) is 3.89. The fraction of sp³-hybridized carbons (Fsp3) is 0.227. The number of benzene rings is 2. The summed E-state index contributed by atoms with van der Waals surface area (Å²) < 4.78 is 5.14. The number of aryl methyl sites for hydroxylation is 1. The number of hydrogen-bond donors (Lipinski definition) is 1. The number of methoxy groups -OCH3 is 1. The predicted molar refractivity (Wildman–Crippen MR) is 106 cm³/mol. The number of para-hydroxylation sites is 1. The van der Waals surface area contributed by atoms with Crippen molar-refractivity contribution in [3.8, 4) is 5.75 Å². The monoisotopic (exact) mass is 359 g/mol. The maximum Gasteiger partial charge on any atom is 0.272 e. The van der Waals surface area contributed by atoms with Crippen LogP contribution in [0, 0.1) is 0 Å². The second-order valence-electron chi connectivity index (χ2n) is 6.61. The first-order chi connectivity index (χ1) is 13.3. The average Bonchev–Trinajstić information content (AvgIpc) is 2.72. The summed E-state index contributed by atoms with van der Waals surface area (Å²) in [6.45, 7) is 0. The van der Waals surface area contributed by atoms with Crippen molar-refractivity contribution < 1.29 is 9.53 Å². The van der Waals surface area contributed by atoms with E-state index >= 15 is 0 Å². The van der Waals surface area contributed by atoms with E-state index in [1.807, 2.05) is 48.5 Å². The van der Waals surface area contributed by atoms with Crippen molar-refractivity contribution in [1.29, 1.82) is 0 Å². The Hall–Kier alpha value is -3.21. The summed E-state index contributed by atoms with van der Waals surface area (Å²) >= 11 is 0. The van der Waals surface area contributed by atoms with Crippen LogP contribution in [0.1, 0.15) is 40.0 Å². The number of nitrogens with zero attached hydrogens (tertiary/aromatic N) is 2. The number of carbonyl (C=O) groups is 1. The fourth-order valence-electron chi connectivity index (χ4n) is 3.54. The van der Waals surface area contributed by atoms with E-state index in [2.05, 4.69) is 10.5 Å². The van der Waals surface area contributed by atoms with E-state index in [1.54, 1.807) is 13.3 Å². The molecule has 0 saturated heterocycles. The molecule has 0 spiro atoms. The molecule has 3 aromatic rings. The molecule has 0 radical (unpaired) electrons. The molecule has 5 nitrogen and oxygen atoms in total. The van der Waals surface area contributed by atoms with Crippen LogP contribution in [-0.2, 0) is 12.8 Å². The highest BCUT2D eigenvalue weighted by Gasteiger charge is 2.22. The molecule has 2 aromatic carbocycles. The molecule has 0 fully saturated rings. The molecule has 1 heterocycles. The lowest BCUT2D eigenvalue weighted by molar-refractivity contribution is 0.0955. The lowest BCUT2D eigenvalue weighted by Gasteiger charge is -2.19. The largest absolute Gasteiger partial charge is 0.497 e. The van der Waals surface area contributed by atoms with Crippen LogP contribution in [0.25, 0.3) is 10.9 Å². The molecule has 0 saturated carbocycles. The molecule has 27 heavy (non-hydrogen) atoms. The van der Waals surface area contributed by atoms with E-state index in [9.17, 15) is 4.79 Å². The summed E-state index contributed by atoms with van der Waals surface area (Å²) in [5.74, 6) is 0.600. The van der Waals surface area contributed by atoms with Crippen LogP contribution in [0.2, 0.25) is 0 Å². The molecule has 1 aliphatic carbocycles. The second kappa shape index (κ2) is 7.58. The van der Waals surface area contributed by atoms with Crippen molar-refractivity contribution in [3.05, 3.63) is 70.9 Å². The van der Waals surface area contributed by atoms with Gasteiger partial charge in [-0.05, 0) is 67.1 Å². The Kier molecular flexibility index (Phi) is 4.83. The highest BCUT2D eigenvalue weighted by Crippen LogP contribution is 2.29. The van der Waals surface area contributed by atoms with Gasteiger partial charge in [-0.2, -0.15) is 5.10 Å². The quantitative estimate of drug-likeness (QED) is 0.568. The SMILES string of the molecule is COc1ccc(/C=N/NC(=O)c2c3c(nc4ccccc24)CCCC3)cc1. The van der Waals surface area contributed by atoms with Crippen molar-refractivity contribution in [2.45, 2.75) is 25.7 Å². The maximum absolute atomic E-state index is 12.9. The van der Waals surface area contributed by atoms with Crippen LogP contribution in [0.4, 0.5) is 0 Å². The second-order valence-corrected chi connectivity index (χ2v) is 6.61. The topological polar surface area (TPSA) is 63.6 Å². The van der Waals surface area contributed by atoms with E-state index in [4.69, 9.17) is 9.72 Å². The minimum absolute atomic E-state index is 0.184. The zero-order valence-electron chi connectivity index (χ0n) is 15.2. The molecule has 1 N–H and O–H groups in total.